The molecule has 3 nitrogen and oxygen atoms in total. The van der Waals surface area contributed by atoms with Crippen LogP contribution in [0.1, 0.15) is 25.3 Å². The predicted molar refractivity (Wildman–Crippen MR) is 88.9 cm³/mol. The maximum atomic E-state index is 12.4. The first-order valence-corrected chi connectivity index (χ1v) is 7.83. The minimum absolute atomic E-state index is 0.230. The highest BCUT2D eigenvalue weighted by Gasteiger charge is 2.20. The van der Waals surface area contributed by atoms with E-state index in [0.29, 0.717) is 12.2 Å². The summed E-state index contributed by atoms with van der Waals surface area (Å²) in [7, 11) is 0. The van der Waals surface area contributed by atoms with E-state index >= 15 is 0 Å². The maximum Gasteiger partial charge on any atom is 0.328 e. The lowest BCUT2D eigenvalue weighted by Gasteiger charge is -2.17. The van der Waals surface area contributed by atoms with Crippen LogP contribution in [0.2, 0.25) is 0 Å². The topological polar surface area (TPSA) is 38.3 Å². The normalized spacial score (nSPS) is 11.9. The van der Waals surface area contributed by atoms with Gasteiger partial charge in [-0.3, -0.25) is 0 Å². The quantitative estimate of drug-likeness (QED) is 0.460. The van der Waals surface area contributed by atoms with Gasteiger partial charge in [0.25, 0.3) is 0 Å². The summed E-state index contributed by atoms with van der Waals surface area (Å²) >= 11 is 0. The molecule has 22 heavy (non-hydrogen) atoms. The molecule has 0 unspecified atom stereocenters. The van der Waals surface area contributed by atoms with Crippen LogP contribution in [0.25, 0.3) is 0 Å². The molecule has 0 fully saturated rings. The molecule has 0 radical (unpaired) electrons. The SMILES string of the molecule is CCCCN[C@@H](Cc1ccccc1)C(=O)Oc1ccccc1. The summed E-state index contributed by atoms with van der Waals surface area (Å²) in [5, 5.41) is 3.31. The Balaban J connectivity index is 2.00. The summed E-state index contributed by atoms with van der Waals surface area (Å²) in [6, 6.07) is 18.9. The van der Waals surface area contributed by atoms with Gasteiger partial charge in [0, 0.05) is 0 Å². The summed E-state index contributed by atoms with van der Waals surface area (Å²) in [5.74, 6) is 0.356. The molecule has 0 aliphatic heterocycles. The predicted octanol–water partition coefficient (Wildman–Crippen LogP) is 3.59. The van der Waals surface area contributed by atoms with Gasteiger partial charge in [0.2, 0.25) is 0 Å². The zero-order chi connectivity index (χ0) is 15.6. The lowest BCUT2D eigenvalue weighted by molar-refractivity contribution is -0.136. The molecule has 2 aromatic rings. The van der Waals surface area contributed by atoms with E-state index in [2.05, 4.69) is 12.2 Å². The van der Waals surface area contributed by atoms with Crippen LogP contribution in [0.4, 0.5) is 0 Å². The van der Waals surface area contributed by atoms with Crippen molar-refractivity contribution in [2.45, 2.75) is 32.2 Å². The molecule has 0 aliphatic rings. The number of carbonyl (C=O) groups is 1. The number of benzene rings is 2. The molecular weight excluding hydrogens is 274 g/mol. The number of nitrogens with one attached hydrogen (secondary N) is 1. The third-order valence-electron chi connectivity index (χ3n) is 3.45. The van der Waals surface area contributed by atoms with E-state index in [1.54, 1.807) is 12.1 Å². The molecule has 0 amide bonds. The van der Waals surface area contributed by atoms with Crippen molar-refractivity contribution in [3.05, 3.63) is 66.2 Å². The number of esters is 1. The monoisotopic (exact) mass is 297 g/mol. The van der Waals surface area contributed by atoms with E-state index in [9.17, 15) is 4.79 Å². The number of unbranched alkanes of at least 4 members (excludes halogenated alkanes) is 1. The summed E-state index contributed by atoms with van der Waals surface area (Å²) in [4.78, 5) is 12.4. The van der Waals surface area contributed by atoms with Crippen molar-refractivity contribution in [3.8, 4) is 5.75 Å². The van der Waals surface area contributed by atoms with Crippen molar-refractivity contribution in [1.82, 2.24) is 5.32 Å². The molecule has 3 heteroatoms. The van der Waals surface area contributed by atoms with E-state index in [4.69, 9.17) is 4.74 Å². The third kappa shape index (κ3) is 5.34. The fraction of sp³-hybridized carbons (Fsp3) is 0.316. The highest BCUT2D eigenvalue weighted by atomic mass is 16.5. The minimum atomic E-state index is -0.325. The third-order valence-corrected chi connectivity index (χ3v) is 3.45. The van der Waals surface area contributed by atoms with Gasteiger partial charge < -0.3 is 10.1 Å². The van der Waals surface area contributed by atoms with Crippen LogP contribution in [-0.4, -0.2) is 18.6 Å². The molecule has 2 aromatic carbocycles. The van der Waals surface area contributed by atoms with Crippen LogP contribution in [0.5, 0.6) is 5.75 Å². The molecule has 0 heterocycles. The average Bonchev–Trinajstić information content (AvgIpc) is 2.56. The van der Waals surface area contributed by atoms with Gasteiger partial charge in [0.1, 0.15) is 11.8 Å². The first-order chi connectivity index (χ1) is 10.8. The molecule has 0 saturated heterocycles. The van der Waals surface area contributed by atoms with Gasteiger partial charge in [-0.15, -0.1) is 0 Å². The van der Waals surface area contributed by atoms with Crippen molar-refractivity contribution >= 4 is 5.97 Å². The summed E-state index contributed by atoms with van der Waals surface area (Å²) in [5.41, 5.74) is 1.13. The van der Waals surface area contributed by atoms with Crippen LogP contribution >= 0.6 is 0 Å². The number of hydrogen-bond donors (Lipinski definition) is 1. The second kappa shape index (κ2) is 9.00. The average molecular weight is 297 g/mol. The largest absolute Gasteiger partial charge is 0.425 e. The summed E-state index contributed by atoms with van der Waals surface area (Å²) in [6.07, 6.45) is 2.78. The van der Waals surface area contributed by atoms with Crippen LogP contribution in [-0.2, 0) is 11.2 Å². The minimum Gasteiger partial charge on any atom is -0.425 e. The van der Waals surface area contributed by atoms with Crippen LogP contribution in [0, 0.1) is 0 Å². The molecule has 2 rings (SSSR count). The van der Waals surface area contributed by atoms with Crippen LogP contribution in [0.3, 0.4) is 0 Å². The van der Waals surface area contributed by atoms with Gasteiger partial charge in [0.05, 0.1) is 0 Å². The van der Waals surface area contributed by atoms with E-state index in [1.807, 2.05) is 48.5 Å². The highest BCUT2D eigenvalue weighted by molar-refractivity contribution is 5.78. The van der Waals surface area contributed by atoms with Gasteiger partial charge in [-0.2, -0.15) is 0 Å². The molecule has 0 aliphatic carbocycles. The highest BCUT2D eigenvalue weighted by Crippen LogP contribution is 2.11. The van der Waals surface area contributed by atoms with Crippen molar-refractivity contribution in [3.63, 3.8) is 0 Å². The Labute approximate surface area is 132 Å². The zero-order valence-corrected chi connectivity index (χ0v) is 13.0. The van der Waals surface area contributed by atoms with Crippen LogP contribution in [0.15, 0.2) is 60.7 Å². The van der Waals surface area contributed by atoms with Gasteiger partial charge in [-0.05, 0) is 37.1 Å². The molecule has 116 valence electrons. The zero-order valence-electron chi connectivity index (χ0n) is 13.0. The summed E-state index contributed by atoms with van der Waals surface area (Å²) < 4.78 is 5.48. The summed E-state index contributed by atoms with van der Waals surface area (Å²) in [6.45, 7) is 2.95. The Bertz CT molecular complexity index is 554. The number of carbonyl (C=O) groups excluding carboxylic acids is 1. The molecule has 0 aromatic heterocycles. The molecule has 0 bridgehead atoms. The fourth-order valence-electron chi connectivity index (χ4n) is 2.22. The first kappa shape index (κ1) is 16.2. The smallest absolute Gasteiger partial charge is 0.328 e. The fourth-order valence-corrected chi connectivity index (χ4v) is 2.22. The Morgan fingerprint density at radius 2 is 1.68 bits per heavy atom. The Morgan fingerprint density at radius 3 is 2.32 bits per heavy atom. The lowest BCUT2D eigenvalue weighted by Crippen LogP contribution is -2.41. The molecule has 1 atom stereocenters. The van der Waals surface area contributed by atoms with Crippen molar-refractivity contribution in [1.29, 1.82) is 0 Å². The standard InChI is InChI=1S/C19H23NO2/c1-2-3-14-20-18(15-16-10-6-4-7-11-16)19(21)22-17-12-8-5-9-13-17/h4-13,18,20H,2-3,14-15H2,1H3/t18-/m0/s1. The van der Waals surface area contributed by atoms with E-state index < -0.39 is 0 Å². The van der Waals surface area contributed by atoms with Gasteiger partial charge in [-0.25, -0.2) is 4.79 Å². The Kier molecular flexibility index (Phi) is 6.65. The van der Waals surface area contributed by atoms with E-state index in [1.165, 1.54) is 0 Å². The van der Waals surface area contributed by atoms with Crippen molar-refractivity contribution in [2.24, 2.45) is 0 Å². The molecule has 1 N–H and O–H groups in total. The molecule has 0 saturated carbocycles. The number of ether oxygens (including phenoxy) is 1. The number of para-hydroxylation sites is 1. The molecule has 0 spiro atoms. The number of rotatable bonds is 8. The van der Waals surface area contributed by atoms with Gasteiger partial charge in [0.15, 0.2) is 0 Å². The van der Waals surface area contributed by atoms with Crippen molar-refractivity contribution < 1.29 is 9.53 Å². The number of hydrogen-bond acceptors (Lipinski definition) is 3. The van der Waals surface area contributed by atoms with E-state index in [0.717, 1.165) is 24.9 Å². The molecular formula is C19H23NO2. The Hall–Kier alpha value is -2.13. The maximum absolute atomic E-state index is 12.4. The van der Waals surface area contributed by atoms with Crippen LogP contribution < -0.4 is 10.1 Å². The van der Waals surface area contributed by atoms with E-state index in [-0.39, 0.29) is 12.0 Å². The first-order valence-electron chi connectivity index (χ1n) is 7.83. The second-order valence-corrected chi connectivity index (χ2v) is 5.28. The lowest BCUT2D eigenvalue weighted by atomic mass is 10.1. The Morgan fingerprint density at radius 1 is 1.05 bits per heavy atom. The van der Waals surface area contributed by atoms with Crippen molar-refractivity contribution in [2.75, 3.05) is 6.54 Å². The second-order valence-electron chi connectivity index (χ2n) is 5.28. The van der Waals surface area contributed by atoms with Gasteiger partial charge in [-0.1, -0.05) is 61.9 Å². The van der Waals surface area contributed by atoms with Gasteiger partial charge >= 0.3 is 5.97 Å².